The molecule has 0 aliphatic heterocycles. The SMILES string of the molecule is Cc1ccc(Nc2nc3ccccc3nc2C(=O)OCC(C)C)cc1F. The van der Waals surface area contributed by atoms with Crippen molar-refractivity contribution in [3.63, 3.8) is 0 Å². The number of hydrogen-bond acceptors (Lipinski definition) is 5. The molecule has 26 heavy (non-hydrogen) atoms. The average molecular weight is 353 g/mol. The van der Waals surface area contributed by atoms with Crippen molar-refractivity contribution in [2.45, 2.75) is 20.8 Å². The molecule has 3 rings (SSSR count). The summed E-state index contributed by atoms with van der Waals surface area (Å²) in [4.78, 5) is 21.4. The second-order valence-corrected chi connectivity index (χ2v) is 6.49. The maximum Gasteiger partial charge on any atom is 0.360 e. The van der Waals surface area contributed by atoms with E-state index >= 15 is 0 Å². The molecular formula is C20H20FN3O2. The number of rotatable bonds is 5. The highest BCUT2D eigenvalue weighted by Crippen LogP contribution is 2.23. The highest BCUT2D eigenvalue weighted by Gasteiger charge is 2.19. The first-order valence-electron chi connectivity index (χ1n) is 8.41. The number of ether oxygens (including phenoxy) is 1. The van der Waals surface area contributed by atoms with Crippen molar-refractivity contribution in [3.8, 4) is 0 Å². The summed E-state index contributed by atoms with van der Waals surface area (Å²) in [5.41, 5.74) is 2.31. The van der Waals surface area contributed by atoms with Gasteiger partial charge in [-0.3, -0.25) is 0 Å². The molecule has 2 aromatic carbocycles. The van der Waals surface area contributed by atoms with Crippen LogP contribution in [-0.2, 0) is 4.74 Å². The van der Waals surface area contributed by atoms with E-state index < -0.39 is 5.97 Å². The molecule has 0 aliphatic rings. The second kappa shape index (κ2) is 7.47. The van der Waals surface area contributed by atoms with E-state index in [0.717, 1.165) is 0 Å². The molecule has 1 aromatic heterocycles. The van der Waals surface area contributed by atoms with E-state index in [2.05, 4.69) is 15.3 Å². The topological polar surface area (TPSA) is 64.1 Å². The van der Waals surface area contributed by atoms with Crippen molar-refractivity contribution in [2.75, 3.05) is 11.9 Å². The van der Waals surface area contributed by atoms with Gasteiger partial charge in [-0.05, 0) is 42.7 Å². The van der Waals surface area contributed by atoms with Gasteiger partial charge in [-0.15, -0.1) is 0 Å². The number of nitrogens with one attached hydrogen (secondary N) is 1. The third-order valence-corrected chi connectivity index (χ3v) is 3.75. The Labute approximate surface area is 151 Å². The first-order chi connectivity index (χ1) is 12.4. The molecule has 1 heterocycles. The standard InChI is InChI=1S/C20H20FN3O2/c1-12(2)11-26-20(25)18-19(22-14-9-8-13(3)15(21)10-14)24-17-7-5-4-6-16(17)23-18/h4-10,12H,11H2,1-3H3,(H,22,24). The summed E-state index contributed by atoms with van der Waals surface area (Å²) in [7, 11) is 0. The quantitative estimate of drug-likeness (QED) is 0.677. The van der Waals surface area contributed by atoms with Gasteiger partial charge in [-0.1, -0.05) is 32.0 Å². The minimum atomic E-state index is -0.563. The summed E-state index contributed by atoms with van der Waals surface area (Å²) < 4.78 is 19.1. The Morgan fingerprint density at radius 3 is 2.50 bits per heavy atom. The van der Waals surface area contributed by atoms with Crippen LogP contribution in [0.2, 0.25) is 0 Å². The number of halogens is 1. The molecule has 0 atom stereocenters. The van der Waals surface area contributed by atoms with Crippen molar-refractivity contribution < 1.29 is 13.9 Å². The van der Waals surface area contributed by atoms with Crippen LogP contribution in [0.3, 0.4) is 0 Å². The van der Waals surface area contributed by atoms with Gasteiger partial charge in [0.05, 0.1) is 17.6 Å². The summed E-state index contributed by atoms with van der Waals surface area (Å²) in [5.74, 6) is -0.463. The van der Waals surface area contributed by atoms with Crippen LogP contribution in [-0.4, -0.2) is 22.5 Å². The predicted molar refractivity (Wildman–Crippen MR) is 99.1 cm³/mol. The fourth-order valence-electron chi connectivity index (χ4n) is 2.35. The Kier molecular flexibility index (Phi) is 5.11. The molecule has 0 aliphatic carbocycles. The van der Waals surface area contributed by atoms with Crippen LogP contribution in [0, 0.1) is 18.7 Å². The van der Waals surface area contributed by atoms with Crippen LogP contribution in [0.5, 0.6) is 0 Å². The summed E-state index contributed by atoms with van der Waals surface area (Å²) in [5, 5.41) is 2.99. The maximum atomic E-state index is 13.8. The van der Waals surface area contributed by atoms with Crippen LogP contribution in [0.15, 0.2) is 42.5 Å². The second-order valence-electron chi connectivity index (χ2n) is 6.49. The highest BCUT2D eigenvalue weighted by atomic mass is 19.1. The average Bonchev–Trinajstić information content (AvgIpc) is 2.62. The largest absolute Gasteiger partial charge is 0.461 e. The van der Waals surface area contributed by atoms with Crippen LogP contribution < -0.4 is 5.32 Å². The molecule has 134 valence electrons. The molecule has 0 saturated carbocycles. The number of para-hydroxylation sites is 2. The molecule has 5 nitrogen and oxygen atoms in total. The molecule has 0 unspecified atom stereocenters. The van der Waals surface area contributed by atoms with Crippen molar-refractivity contribution >= 4 is 28.5 Å². The lowest BCUT2D eigenvalue weighted by Crippen LogP contribution is -2.15. The minimum absolute atomic E-state index is 0.0744. The number of benzene rings is 2. The van der Waals surface area contributed by atoms with Gasteiger partial charge >= 0.3 is 5.97 Å². The molecule has 1 N–H and O–H groups in total. The Hall–Kier alpha value is -3.02. The third kappa shape index (κ3) is 3.96. The van der Waals surface area contributed by atoms with Crippen LogP contribution in [0.1, 0.15) is 29.9 Å². The smallest absolute Gasteiger partial charge is 0.360 e. The van der Waals surface area contributed by atoms with Crippen molar-refractivity contribution in [2.24, 2.45) is 5.92 Å². The lowest BCUT2D eigenvalue weighted by atomic mass is 10.2. The molecule has 0 spiro atoms. The summed E-state index contributed by atoms with van der Waals surface area (Å²) >= 11 is 0. The number of nitrogens with zero attached hydrogens (tertiary/aromatic N) is 2. The fraction of sp³-hybridized carbons (Fsp3) is 0.250. The van der Waals surface area contributed by atoms with Gasteiger partial charge in [0.1, 0.15) is 5.82 Å². The van der Waals surface area contributed by atoms with E-state index in [1.807, 2.05) is 26.0 Å². The number of hydrogen-bond donors (Lipinski definition) is 1. The van der Waals surface area contributed by atoms with Gasteiger partial charge in [0.25, 0.3) is 0 Å². The summed E-state index contributed by atoms with van der Waals surface area (Å²) in [6.07, 6.45) is 0. The van der Waals surface area contributed by atoms with Gasteiger partial charge in [0.15, 0.2) is 11.5 Å². The van der Waals surface area contributed by atoms with Gasteiger partial charge in [-0.2, -0.15) is 0 Å². The zero-order valence-electron chi connectivity index (χ0n) is 14.9. The van der Waals surface area contributed by atoms with Crippen LogP contribution in [0.25, 0.3) is 11.0 Å². The van der Waals surface area contributed by atoms with Crippen molar-refractivity contribution in [3.05, 3.63) is 59.5 Å². The lowest BCUT2D eigenvalue weighted by molar-refractivity contribution is 0.0453. The molecule has 0 amide bonds. The zero-order valence-corrected chi connectivity index (χ0v) is 14.9. The van der Waals surface area contributed by atoms with Gasteiger partial charge in [0.2, 0.25) is 0 Å². The monoisotopic (exact) mass is 353 g/mol. The number of aryl methyl sites for hydroxylation is 1. The molecule has 0 fully saturated rings. The van der Waals surface area contributed by atoms with E-state index in [1.165, 1.54) is 6.07 Å². The van der Waals surface area contributed by atoms with Gasteiger partial charge in [-0.25, -0.2) is 19.2 Å². The molecule has 0 bridgehead atoms. The predicted octanol–water partition coefficient (Wildman–Crippen LogP) is 4.63. The van der Waals surface area contributed by atoms with E-state index in [0.29, 0.717) is 22.3 Å². The fourth-order valence-corrected chi connectivity index (χ4v) is 2.35. The van der Waals surface area contributed by atoms with Crippen molar-refractivity contribution in [1.29, 1.82) is 0 Å². The lowest BCUT2D eigenvalue weighted by Gasteiger charge is -2.13. The molecule has 3 aromatic rings. The number of aromatic nitrogens is 2. The molecule has 0 radical (unpaired) electrons. The molecule has 6 heteroatoms. The van der Waals surface area contributed by atoms with Crippen LogP contribution >= 0.6 is 0 Å². The summed E-state index contributed by atoms with van der Waals surface area (Å²) in [6, 6.07) is 12.0. The van der Waals surface area contributed by atoms with Crippen LogP contribution in [0.4, 0.5) is 15.9 Å². The first-order valence-corrected chi connectivity index (χ1v) is 8.41. The number of fused-ring (bicyclic) bond motifs is 1. The van der Waals surface area contributed by atoms with E-state index in [1.54, 1.807) is 31.2 Å². The van der Waals surface area contributed by atoms with E-state index in [9.17, 15) is 9.18 Å². The molecular weight excluding hydrogens is 333 g/mol. The molecule has 0 saturated heterocycles. The zero-order chi connectivity index (χ0) is 18.7. The van der Waals surface area contributed by atoms with E-state index in [-0.39, 0.29) is 29.9 Å². The number of carbonyl (C=O) groups excluding carboxylic acids is 1. The Morgan fingerprint density at radius 1 is 1.15 bits per heavy atom. The first kappa shape index (κ1) is 17.8. The Morgan fingerprint density at radius 2 is 1.85 bits per heavy atom. The number of anilines is 2. The number of carbonyl (C=O) groups is 1. The number of esters is 1. The van der Waals surface area contributed by atoms with Crippen molar-refractivity contribution in [1.82, 2.24) is 9.97 Å². The highest BCUT2D eigenvalue weighted by molar-refractivity contribution is 5.96. The minimum Gasteiger partial charge on any atom is -0.461 e. The normalized spacial score (nSPS) is 11.0. The maximum absolute atomic E-state index is 13.8. The van der Waals surface area contributed by atoms with E-state index in [4.69, 9.17) is 4.74 Å². The van der Waals surface area contributed by atoms with Gasteiger partial charge in [0, 0.05) is 5.69 Å². The van der Waals surface area contributed by atoms with Gasteiger partial charge < -0.3 is 10.1 Å². The Bertz CT molecular complexity index is 957. The third-order valence-electron chi connectivity index (χ3n) is 3.75. The Balaban J connectivity index is 2.01. The summed E-state index contributed by atoms with van der Waals surface area (Å²) in [6.45, 7) is 5.87.